The molecule has 3 nitrogen and oxygen atoms in total. The van der Waals surface area contributed by atoms with Gasteiger partial charge < -0.3 is 10.5 Å². The molecule has 0 aliphatic heterocycles. The molecule has 0 aromatic heterocycles. The van der Waals surface area contributed by atoms with Crippen LogP contribution in [0.2, 0.25) is 0 Å². The molecule has 0 unspecified atom stereocenters. The lowest BCUT2D eigenvalue weighted by atomic mass is 10.1. The number of fused-ring (bicyclic) bond motifs is 1. The predicted octanol–water partition coefficient (Wildman–Crippen LogP) is 1.04. The molecule has 74 valence electrons. The van der Waals surface area contributed by atoms with Crippen LogP contribution in [0.4, 0.5) is 0 Å². The standard InChI is InChI=1S/C11H13NO2/c12-11(13)7-14-10-5-4-8-2-1-3-9(8)6-10/h4-6H,1-3,7H2,(H2,12,13). The number of benzene rings is 1. The van der Waals surface area contributed by atoms with Crippen molar-refractivity contribution in [1.29, 1.82) is 0 Å². The quantitative estimate of drug-likeness (QED) is 0.776. The van der Waals surface area contributed by atoms with E-state index in [9.17, 15) is 4.79 Å². The van der Waals surface area contributed by atoms with E-state index in [2.05, 4.69) is 6.07 Å². The van der Waals surface area contributed by atoms with Crippen molar-refractivity contribution in [3.05, 3.63) is 29.3 Å². The van der Waals surface area contributed by atoms with Crippen LogP contribution in [0, 0.1) is 0 Å². The Morgan fingerprint density at radius 2 is 2.14 bits per heavy atom. The molecule has 0 saturated carbocycles. The summed E-state index contributed by atoms with van der Waals surface area (Å²) in [6.07, 6.45) is 3.49. The molecule has 0 spiro atoms. The molecule has 1 aromatic carbocycles. The summed E-state index contributed by atoms with van der Waals surface area (Å²) in [7, 11) is 0. The molecule has 3 heteroatoms. The molecule has 0 heterocycles. The van der Waals surface area contributed by atoms with E-state index in [4.69, 9.17) is 10.5 Å². The first-order valence-corrected chi connectivity index (χ1v) is 4.78. The molecule has 0 atom stereocenters. The second-order valence-electron chi connectivity index (χ2n) is 3.54. The lowest BCUT2D eigenvalue weighted by Crippen LogP contribution is -2.20. The van der Waals surface area contributed by atoms with Gasteiger partial charge in [0.15, 0.2) is 6.61 Å². The van der Waals surface area contributed by atoms with Gasteiger partial charge in [-0.2, -0.15) is 0 Å². The SMILES string of the molecule is NC(=O)COc1ccc2c(c1)CCC2. The van der Waals surface area contributed by atoms with Crippen LogP contribution in [0.1, 0.15) is 17.5 Å². The highest BCUT2D eigenvalue weighted by Gasteiger charge is 2.11. The van der Waals surface area contributed by atoms with E-state index < -0.39 is 5.91 Å². The molecule has 1 amide bonds. The third-order valence-corrected chi connectivity index (χ3v) is 2.45. The highest BCUT2D eigenvalue weighted by atomic mass is 16.5. The van der Waals surface area contributed by atoms with Gasteiger partial charge in [0, 0.05) is 0 Å². The fourth-order valence-electron chi connectivity index (χ4n) is 1.79. The van der Waals surface area contributed by atoms with Gasteiger partial charge in [0.25, 0.3) is 5.91 Å². The first-order chi connectivity index (χ1) is 6.75. The Morgan fingerprint density at radius 3 is 2.93 bits per heavy atom. The lowest BCUT2D eigenvalue weighted by Gasteiger charge is -2.05. The molecule has 0 saturated heterocycles. The van der Waals surface area contributed by atoms with E-state index >= 15 is 0 Å². The Hall–Kier alpha value is -1.51. The molecule has 14 heavy (non-hydrogen) atoms. The second kappa shape index (κ2) is 3.70. The van der Waals surface area contributed by atoms with Gasteiger partial charge in [-0.05, 0) is 42.5 Å². The number of carbonyl (C=O) groups excluding carboxylic acids is 1. The van der Waals surface area contributed by atoms with Crippen LogP contribution in [-0.2, 0) is 17.6 Å². The van der Waals surface area contributed by atoms with Crippen molar-refractivity contribution < 1.29 is 9.53 Å². The number of nitrogens with two attached hydrogens (primary N) is 1. The number of hydrogen-bond donors (Lipinski definition) is 1. The van der Waals surface area contributed by atoms with Crippen molar-refractivity contribution in [2.24, 2.45) is 5.73 Å². The van der Waals surface area contributed by atoms with E-state index in [0.29, 0.717) is 0 Å². The fourth-order valence-corrected chi connectivity index (χ4v) is 1.79. The van der Waals surface area contributed by atoms with Crippen LogP contribution in [0.5, 0.6) is 5.75 Å². The summed E-state index contributed by atoms with van der Waals surface area (Å²) < 4.78 is 5.22. The monoisotopic (exact) mass is 191 g/mol. The number of ether oxygens (including phenoxy) is 1. The largest absolute Gasteiger partial charge is 0.484 e. The maximum absolute atomic E-state index is 10.5. The topological polar surface area (TPSA) is 52.3 Å². The van der Waals surface area contributed by atoms with Crippen molar-refractivity contribution in [1.82, 2.24) is 0 Å². The van der Waals surface area contributed by atoms with E-state index in [-0.39, 0.29) is 6.61 Å². The van der Waals surface area contributed by atoms with Crippen LogP contribution < -0.4 is 10.5 Å². The number of amides is 1. The summed E-state index contributed by atoms with van der Waals surface area (Å²) in [5.41, 5.74) is 7.73. The summed E-state index contributed by atoms with van der Waals surface area (Å²) in [5.74, 6) is 0.301. The van der Waals surface area contributed by atoms with E-state index in [0.717, 1.165) is 18.6 Å². The van der Waals surface area contributed by atoms with Crippen molar-refractivity contribution in [3.63, 3.8) is 0 Å². The zero-order valence-corrected chi connectivity index (χ0v) is 7.95. The minimum absolute atomic E-state index is 0.0429. The van der Waals surface area contributed by atoms with Crippen LogP contribution in [0.25, 0.3) is 0 Å². The van der Waals surface area contributed by atoms with Crippen molar-refractivity contribution >= 4 is 5.91 Å². The minimum atomic E-state index is -0.439. The van der Waals surface area contributed by atoms with Gasteiger partial charge in [0.2, 0.25) is 0 Å². The Bertz CT molecular complexity index is 360. The molecular weight excluding hydrogens is 178 g/mol. The lowest BCUT2D eigenvalue weighted by molar-refractivity contribution is -0.119. The van der Waals surface area contributed by atoms with Crippen LogP contribution in [-0.4, -0.2) is 12.5 Å². The summed E-state index contributed by atoms with van der Waals surface area (Å²) in [5, 5.41) is 0. The third kappa shape index (κ3) is 1.87. The summed E-state index contributed by atoms with van der Waals surface area (Å²) in [6, 6.07) is 5.97. The number of carbonyl (C=O) groups is 1. The van der Waals surface area contributed by atoms with Crippen LogP contribution in [0.15, 0.2) is 18.2 Å². The highest BCUT2D eigenvalue weighted by molar-refractivity contribution is 5.75. The summed E-state index contributed by atoms with van der Waals surface area (Å²) in [6.45, 7) is -0.0429. The first-order valence-electron chi connectivity index (χ1n) is 4.78. The summed E-state index contributed by atoms with van der Waals surface area (Å²) in [4.78, 5) is 10.5. The second-order valence-corrected chi connectivity index (χ2v) is 3.54. The Morgan fingerprint density at radius 1 is 1.36 bits per heavy atom. The average Bonchev–Trinajstić information content (AvgIpc) is 2.61. The molecule has 1 aliphatic rings. The molecule has 0 bridgehead atoms. The normalized spacial score (nSPS) is 13.7. The number of hydrogen-bond acceptors (Lipinski definition) is 2. The molecule has 2 rings (SSSR count). The van der Waals surface area contributed by atoms with Gasteiger partial charge in [-0.15, -0.1) is 0 Å². The number of primary amides is 1. The Kier molecular flexibility index (Phi) is 2.39. The summed E-state index contributed by atoms with van der Waals surface area (Å²) >= 11 is 0. The zero-order chi connectivity index (χ0) is 9.97. The van der Waals surface area contributed by atoms with Gasteiger partial charge in [-0.1, -0.05) is 6.07 Å². The van der Waals surface area contributed by atoms with Crippen LogP contribution in [0.3, 0.4) is 0 Å². The van der Waals surface area contributed by atoms with Crippen molar-refractivity contribution in [2.75, 3.05) is 6.61 Å². The Labute approximate surface area is 82.9 Å². The molecular formula is C11H13NO2. The maximum atomic E-state index is 10.5. The van der Waals surface area contributed by atoms with Gasteiger partial charge in [0.1, 0.15) is 5.75 Å². The molecule has 0 radical (unpaired) electrons. The smallest absolute Gasteiger partial charge is 0.255 e. The Balaban J connectivity index is 2.09. The molecule has 0 fully saturated rings. The van der Waals surface area contributed by atoms with Crippen LogP contribution >= 0.6 is 0 Å². The molecule has 1 aromatic rings. The van der Waals surface area contributed by atoms with Crippen molar-refractivity contribution in [3.8, 4) is 5.75 Å². The van der Waals surface area contributed by atoms with Crippen molar-refractivity contribution in [2.45, 2.75) is 19.3 Å². The highest BCUT2D eigenvalue weighted by Crippen LogP contribution is 2.25. The van der Waals surface area contributed by atoms with Gasteiger partial charge in [0.05, 0.1) is 0 Å². The first kappa shape index (κ1) is 9.06. The molecule has 1 aliphatic carbocycles. The average molecular weight is 191 g/mol. The van der Waals surface area contributed by atoms with E-state index in [1.807, 2.05) is 12.1 Å². The predicted molar refractivity (Wildman–Crippen MR) is 53.2 cm³/mol. The minimum Gasteiger partial charge on any atom is -0.484 e. The van der Waals surface area contributed by atoms with Gasteiger partial charge in [-0.3, -0.25) is 4.79 Å². The maximum Gasteiger partial charge on any atom is 0.255 e. The van der Waals surface area contributed by atoms with E-state index in [1.54, 1.807) is 0 Å². The van der Waals surface area contributed by atoms with Gasteiger partial charge >= 0.3 is 0 Å². The number of aryl methyl sites for hydroxylation is 2. The third-order valence-electron chi connectivity index (χ3n) is 2.45. The number of rotatable bonds is 3. The molecule has 2 N–H and O–H groups in total. The van der Waals surface area contributed by atoms with Gasteiger partial charge in [-0.25, -0.2) is 0 Å². The zero-order valence-electron chi connectivity index (χ0n) is 7.95. The van der Waals surface area contributed by atoms with E-state index in [1.165, 1.54) is 17.5 Å². The fraction of sp³-hybridized carbons (Fsp3) is 0.364.